The van der Waals surface area contributed by atoms with Crippen LogP contribution in [0.4, 0.5) is 27.4 Å². The van der Waals surface area contributed by atoms with Crippen molar-refractivity contribution in [3.8, 4) is 5.75 Å². The van der Waals surface area contributed by atoms with Crippen molar-refractivity contribution in [1.29, 1.82) is 0 Å². The van der Waals surface area contributed by atoms with Gasteiger partial charge in [0.2, 0.25) is 0 Å². The van der Waals surface area contributed by atoms with Crippen LogP contribution in [-0.2, 0) is 0 Å². The largest absolute Gasteiger partial charge is 0.495 e. The molecule has 1 aromatic heterocycles. The lowest BCUT2D eigenvalue weighted by Gasteiger charge is -2.36. The Morgan fingerprint density at radius 2 is 1.62 bits per heavy atom. The zero-order chi connectivity index (χ0) is 20.2. The first-order chi connectivity index (χ1) is 14.1. The van der Waals surface area contributed by atoms with Gasteiger partial charge in [0.1, 0.15) is 29.0 Å². The van der Waals surface area contributed by atoms with Crippen LogP contribution >= 0.6 is 0 Å². The molecule has 0 amide bonds. The first-order valence-electron chi connectivity index (χ1n) is 9.63. The Morgan fingerprint density at radius 3 is 2.34 bits per heavy atom. The second kappa shape index (κ2) is 8.34. The van der Waals surface area contributed by atoms with Crippen LogP contribution < -0.4 is 19.9 Å². The number of ether oxygens (including phenoxy) is 1. The van der Waals surface area contributed by atoms with Gasteiger partial charge in [0.05, 0.1) is 12.8 Å². The molecule has 1 aliphatic rings. The summed E-state index contributed by atoms with van der Waals surface area (Å²) in [6.45, 7) is 5.27. The Morgan fingerprint density at radius 1 is 0.931 bits per heavy atom. The van der Waals surface area contributed by atoms with Gasteiger partial charge in [0, 0.05) is 37.9 Å². The number of anilines is 4. The number of benzene rings is 2. The van der Waals surface area contributed by atoms with Gasteiger partial charge >= 0.3 is 0 Å². The van der Waals surface area contributed by atoms with E-state index in [9.17, 15) is 4.39 Å². The lowest BCUT2D eigenvalue weighted by molar-refractivity contribution is 0.417. The molecule has 0 atom stereocenters. The summed E-state index contributed by atoms with van der Waals surface area (Å²) in [7, 11) is 1.65. The molecule has 0 radical (unpaired) electrons. The Hall–Kier alpha value is -3.35. The van der Waals surface area contributed by atoms with Crippen LogP contribution in [0.5, 0.6) is 5.75 Å². The molecule has 0 aliphatic carbocycles. The third-order valence-electron chi connectivity index (χ3n) is 4.99. The summed E-state index contributed by atoms with van der Waals surface area (Å²) in [6, 6.07) is 16.4. The minimum atomic E-state index is -0.209. The standard InChI is InChI=1S/C22H24FN5O/c1-16-24-21(26-19-5-3-4-6-20(19)29-2)15-22(25-16)28-13-11-27(12-14-28)18-9-7-17(23)8-10-18/h3-10,15H,11-14H2,1-2H3,(H,24,25,26). The molecule has 0 saturated carbocycles. The minimum Gasteiger partial charge on any atom is -0.495 e. The summed E-state index contributed by atoms with van der Waals surface area (Å²) >= 11 is 0. The van der Waals surface area contributed by atoms with E-state index >= 15 is 0 Å². The van der Waals surface area contributed by atoms with Crippen LogP contribution in [0.25, 0.3) is 0 Å². The molecule has 1 aliphatic heterocycles. The summed E-state index contributed by atoms with van der Waals surface area (Å²) in [6.07, 6.45) is 0. The number of para-hydroxylation sites is 2. The fourth-order valence-corrected chi connectivity index (χ4v) is 3.51. The highest BCUT2D eigenvalue weighted by atomic mass is 19.1. The van der Waals surface area contributed by atoms with E-state index in [-0.39, 0.29) is 5.82 Å². The zero-order valence-corrected chi connectivity index (χ0v) is 16.6. The second-order valence-corrected chi connectivity index (χ2v) is 6.93. The summed E-state index contributed by atoms with van der Waals surface area (Å²) in [5.41, 5.74) is 1.91. The number of aromatic nitrogens is 2. The Bertz CT molecular complexity index is 971. The topological polar surface area (TPSA) is 53.5 Å². The molecule has 1 N–H and O–H groups in total. The van der Waals surface area contributed by atoms with Gasteiger partial charge in [-0.1, -0.05) is 12.1 Å². The van der Waals surface area contributed by atoms with E-state index in [1.807, 2.05) is 49.4 Å². The van der Waals surface area contributed by atoms with Gasteiger partial charge in [0.15, 0.2) is 0 Å². The number of hydrogen-bond donors (Lipinski definition) is 1. The van der Waals surface area contributed by atoms with E-state index in [4.69, 9.17) is 4.74 Å². The lowest BCUT2D eigenvalue weighted by Crippen LogP contribution is -2.46. The van der Waals surface area contributed by atoms with Crippen LogP contribution in [0.2, 0.25) is 0 Å². The molecule has 0 unspecified atom stereocenters. The molecule has 2 aromatic carbocycles. The average Bonchev–Trinajstić information content (AvgIpc) is 2.74. The number of halogens is 1. The van der Waals surface area contributed by atoms with Crippen molar-refractivity contribution in [2.24, 2.45) is 0 Å². The molecule has 1 fully saturated rings. The quantitative estimate of drug-likeness (QED) is 0.707. The molecule has 6 nitrogen and oxygen atoms in total. The summed E-state index contributed by atoms with van der Waals surface area (Å²) in [5, 5.41) is 3.33. The number of nitrogens with zero attached hydrogens (tertiary/aromatic N) is 4. The van der Waals surface area contributed by atoms with Crippen molar-refractivity contribution < 1.29 is 9.13 Å². The second-order valence-electron chi connectivity index (χ2n) is 6.93. The molecule has 3 aromatic rings. The number of aryl methyl sites for hydroxylation is 1. The predicted molar refractivity (Wildman–Crippen MR) is 114 cm³/mol. The molecule has 7 heteroatoms. The van der Waals surface area contributed by atoms with E-state index in [1.54, 1.807) is 7.11 Å². The van der Waals surface area contributed by atoms with Crippen molar-refractivity contribution in [1.82, 2.24) is 9.97 Å². The highest BCUT2D eigenvalue weighted by Gasteiger charge is 2.19. The van der Waals surface area contributed by atoms with Crippen molar-refractivity contribution in [3.63, 3.8) is 0 Å². The number of rotatable bonds is 5. The third kappa shape index (κ3) is 4.39. The van der Waals surface area contributed by atoms with Crippen molar-refractivity contribution in [2.45, 2.75) is 6.92 Å². The zero-order valence-electron chi connectivity index (χ0n) is 16.6. The van der Waals surface area contributed by atoms with E-state index in [1.165, 1.54) is 12.1 Å². The van der Waals surface area contributed by atoms with Gasteiger partial charge in [-0.3, -0.25) is 0 Å². The SMILES string of the molecule is COc1ccccc1Nc1cc(N2CCN(c3ccc(F)cc3)CC2)nc(C)n1. The Labute approximate surface area is 170 Å². The van der Waals surface area contributed by atoms with Crippen molar-refractivity contribution in [3.05, 3.63) is 66.2 Å². The van der Waals surface area contributed by atoms with Crippen molar-refractivity contribution in [2.75, 3.05) is 48.4 Å². The van der Waals surface area contributed by atoms with E-state index in [2.05, 4.69) is 25.1 Å². The first-order valence-corrected chi connectivity index (χ1v) is 9.63. The monoisotopic (exact) mass is 393 g/mol. The van der Waals surface area contributed by atoms with Gasteiger partial charge in [-0.15, -0.1) is 0 Å². The Balaban J connectivity index is 1.47. The average molecular weight is 393 g/mol. The molecule has 0 spiro atoms. The van der Waals surface area contributed by atoms with Gasteiger partial charge in [-0.2, -0.15) is 0 Å². The molecule has 4 rings (SSSR count). The highest BCUT2D eigenvalue weighted by Crippen LogP contribution is 2.28. The van der Waals surface area contributed by atoms with Crippen molar-refractivity contribution >= 4 is 23.0 Å². The number of methoxy groups -OCH3 is 1. The molecule has 0 bridgehead atoms. The van der Waals surface area contributed by atoms with Gasteiger partial charge in [0.25, 0.3) is 0 Å². The fraction of sp³-hybridized carbons (Fsp3) is 0.273. The number of nitrogens with one attached hydrogen (secondary N) is 1. The maximum atomic E-state index is 13.2. The summed E-state index contributed by atoms with van der Waals surface area (Å²) < 4.78 is 18.6. The van der Waals surface area contributed by atoms with Gasteiger partial charge < -0.3 is 19.9 Å². The maximum Gasteiger partial charge on any atom is 0.142 e. The van der Waals surface area contributed by atoms with Crippen LogP contribution in [0.3, 0.4) is 0 Å². The van der Waals surface area contributed by atoms with Crippen LogP contribution in [-0.4, -0.2) is 43.3 Å². The van der Waals surface area contributed by atoms with Crippen LogP contribution in [0.1, 0.15) is 5.82 Å². The molecule has 1 saturated heterocycles. The van der Waals surface area contributed by atoms with E-state index in [0.29, 0.717) is 5.82 Å². The molecule has 29 heavy (non-hydrogen) atoms. The molecular formula is C22H24FN5O. The number of hydrogen-bond acceptors (Lipinski definition) is 6. The maximum absolute atomic E-state index is 13.2. The van der Waals surface area contributed by atoms with Crippen LogP contribution in [0.15, 0.2) is 54.6 Å². The highest BCUT2D eigenvalue weighted by molar-refractivity contribution is 5.66. The molecule has 2 heterocycles. The van der Waals surface area contributed by atoms with E-state index in [0.717, 1.165) is 54.9 Å². The Kier molecular flexibility index (Phi) is 5.46. The smallest absolute Gasteiger partial charge is 0.142 e. The van der Waals surface area contributed by atoms with Gasteiger partial charge in [-0.05, 0) is 43.3 Å². The predicted octanol–water partition coefficient (Wildman–Crippen LogP) is 4.00. The van der Waals surface area contributed by atoms with E-state index < -0.39 is 0 Å². The first kappa shape index (κ1) is 19.0. The number of piperazine rings is 1. The molecular weight excluding hydrogens is 369 g/mol. The third-order valence-corrected chi connectivity index (χ3v) is 4.99. The minimum absolute atomic E-state index is 0.209. The normalized spacial score (nSPS) is 14.0. The summed E-state index contributed by atoms with van der Waals surface area (Å²) in [5.74, 6) is 2.89. The van der Waals surface area contributed by atoms with Gasteiger partial charge in [-0.25, -0.2) is 14.4 Å². The van der Waals surface area contributed by atoms with Crippen LogP contribution in [0, 0.1) is 12.7 Å². The molecule has 150 valence electrons. The summed E-state index contributed by atoms with van der Waals surface area (Å²) in [4.78, 5) is 13.7. The lowest BCUT2D eigenvalue weighted by atomic mass is 10.2. The fourth-order valence-electron chi connectivity index (χ4n) is 3.51.